The minimum atomic E-state index is -0.0364. The summed E-state index contributed by atoms with van der Waals surface area (Å²) in [5, 5.41) is 3.00. The van der Waals surface area contributed by atoms with E-state index < -0.39 is 0 Å². The van der Waals surface area contributed by atoms with E-state index in [9.17, 15) is 4.79 Å². The van der Waals surface area contributed by atoms with Gasteiger partial charge in [0, 0.05) is 17.7 Å². The molecule has 0 saturated heterocycles. The molecule has 3 heteroatoms. The molecule has 19 heavy (non-hydrogen) atoms. The summed E-state index contributed by atoms with van der Waals surface area (Å²) in [6, 6.07) is 8.00. The molecule has 1 aliphatic rings. The quantitative estimate of drug-likeness (QED) is 0.797. The lowest BCUT2D eigenvalue weighted by Crippen LogP contribution is -2.32. The molecule has 0 aromatic heterocycles. The maximum Gasteiger partial charge on any atom is 0.244 e. The molecule has 1 aromatic rings. The molecule has 1 N–H and O–H groups in total. The summed E-state index contributed by atoms with van der Waals surface area (Å²) in [6.45, 7) is 4.64. The number of nitrogens with one attached hydrogen (secondary N) is 1. The molecule has 0 spiro atoms. The van der Waals surface area contributed by atoms with Gasteiger partial charge in [0.1, 0.15) is 5.75 Å². The number of rotatable bonds is 6. The Hall–Kier alpha value is -1.77. The first-order valence-corrected chi connectivity index (χ1v) is 6.91. The second kappa shape index (κ2) is 6.41. The zero-order valence-corrected chi connectivity index (χ0v) is 11.6. The summed E-state index contributed by atoms with van der Waals surface area (Å²) in [4.78, 5) is 11.8. The van der Waals surface area contributed by atoms with Crippen molar-refractivity contribution in [2.45, 2.75) is 32.7 Å². The van der Waals surface area contributed by atoms with E-state index in [1.54, 1.807) is 12.2 Å². The maximum absolute atomic E-state index is 11.8. The second-order valence-electron chi connectivity index (χ2n) is 4.94. The van der Waals surface area contributed by atoms with E-state index >= 15 is 0 Å². The van der Waals surface area contributed by atoms with Crippen molar-refractivity contribution in [1.29, 1.82) is 0 Å². The van der Waals surface area contributed by atoms with Gasteiger partial charge in [0.15, 0.2) is 0 Å². The summed E-state index contributed by atoms with van der Waals surface area (Å²) in [6.07, 6.45) is 5.85. The van der Waals surface area contributed by atoms with E-state index in [-0.39, 0.29) is 11.9 Å². The van der Waals surface area contributed by atoms with E-state index in [1.807, 2.05) is 31.2 Å². The van der Waals surface area contributed by atoms with Crippen LogP contribution >= 0.6 is 0 Å². The van der Waals surface area contributed by atoms with Gasteiger partial charge in [0.25, 0.3) is 0 Å². The fraction of sp³-hybridized carbons (Fsp3) is 0.438. The van der Waals surface area contributed by atoms with Crippen molar-refractivity contribution in [3.05, 3.63) is 35.9 Å². The normalized spacial score (nSPS) is 16.3. The van der Waals surface area contributed by atoms with Crippen molar-refractivity contribution < 1.29 is 9.53 Å². The lowest BCUT2D eigenvalue weighted by molar-refractivity contribution is -0.117. The number of ether oxygens (including phenoxy) is 1. The zero-order chi connectivity index (χ0) is 13.7. The first-order valence-electron chi connectivity index (χ1n) is 6.91. The molecule has 0 aliphatic heterocycles. The van der Waals surface area contributed by atoms with Gasteiger partial charge in [0.2, 0.25) is 5.91 Å². The number of hydrogen-bond donors (Lipinski definition) is 1. The monoisotopic (exact) mass is 259 g/mol. The fourth-order valence-corrected chi connectivity index (χ4v) is 2.06. The Balaban J connectivity index is 1.95. The smallest absolute Gasteiger partial charge is 0.244 e. The maximum atomic E-state index is 11.8. The third-order valence-corrected chi connectivity index (χ3v) is 3.33. The van der Waals surface area contributed by atoms with E-state index in [4.69, 9.17) is 4.74 Å². The van der Waals surface area contributed by atoms with Crippen LogP contribution in [0.15, 0.2) is 30.3 Å². The number of hydrogen-bond acceptors (Lipinski definition) is 2. The first kappa shape index (κ1) is 13.7. The molecular formula is C16H21NO2. The average molecular weight is 259 g/mol. The summed E-state index contributed by atoms with van der Waals surface area (Å²) >= 11 is 0. The topological polar surface area (TPSA) is 38.3 Å². The van der Waals surface area contributed by atoms with Crippen LogP contribution in [0.2, 0.25) is 0 Å². The number of carbonyl (C=O) groups is 1. The Bertz CT molecular complexity index is 464. The second-order valence-corrected chi connectivity index (χ2v) is 4.94. The van der Waals surface area contributed by atoms with Gasteiger partial charge in [-0.3, -0.25) is 4.79 Å². The Labute approximate surface area is 114 Å². The Kier molecular flexibility index (Phi) is 4.61. The molecule has 1 saturated carbocycles. The molecule has 1 unspecified atom stereocenters. The number of para-hydroxylation sites is 1. The van der Waals surface area contributed by atoms with Crippen LogP contribution in [0.1, 0.15) is 32.3 Å². The van der Waals surface area contributed by atoms with Crippen molar-refractivity contribution in [2.24, 2.45) is 5.92 Å². The molecule has 0 radical (unpaired) electrons. The molecule has 1 atom stereocenters. The van der Waals surface area contributed by atoms with Crippen LogP contribution in [0.5, 0.6) is 5.75 Å². The number of benzene rings is 1. The molecule has 102 valence electrons. The largest absolute Gasteiger partial charge is 0.493 e. The molecule has 0 heterocycles. The molecule has 2 rings (SSSR count). The summed E-state index contributed by atoms with van der Waals surface area (Å²) in [7, 11) is 0. The molecule has 1 aliphatic carbocycles. The van der Waals surface area contributed by atoms with Crippen LogP contribution in [-0.4, -0.2) is 18.6 Å². The fourth-order valence-electron chi connectivity index (χ4n) is 2.06. The Morgan fingerprint density at radius 1 is 1.47 bits per heavy atom. The predicted molar refractivity (Wildman–Crippen MR) is 77.0 cm³/mol. The highest BCUT2D eigenvalue weighted by molar-refractivity contribution is 5.92. The minimum Gasteiger partial charge on any atom is -0.493 e. The Morgan fingerprint density at radius 2 is 2.21 bits per heavy atom. The zero-order valence-electron chi connectivity index (χ0n) is 11.6. The van der Waals surface area contributed by atoms with Crippen molar-refractivity contribution in [3.63, 3.8) is 0 Å². The highest BCUT2D eigenvalue weighted by Gasteiger charge is 2.28. The molecule has 1 aromatic carbocycles. The summed E-state index contributed by atoms with van der Waals surface area (Å²) in [5.41, 5.74) is 0.929. The van der Waals surface area contributed by atoms with E-state index in [1.165, 1.54) is 12.8 Å². The minimum absolute atomic E-state index is 0.0364. The van der Waals surface area contributed by atoms with Crippen molar-refractivity contribution >= 4 is 12.0 Å². The Morgan fingerprint density at radius 3 is 2.89 bits per heavy atom. The van der Waals surface area contributed by atoms with E-state index in [2.05, 4.69) is 12.2 Å². The lowest BCUT2D eigenvalue weighted by Gasteiger charge is -2.10. The highest BCUT2D eigenvalue weighted by atomic mass is 16.5. The van der Waals surface area contributed by atoms with Crippen molar-refractivity contribution in [3.8, 4) is 5.75 Å². The van der Waals surface area contributed by atoms with Crippen LogP contribution in [0.25, 0.3) is 6.08 Å². The van der Waals surface area contributed by atoms with E-state index in [0.29, 0.717) is 12.5 Å². The van der Waals surface area contributed by atoms with Gasteiger partial charge in [0.05, 0.1) is 6.61 Å². The van der Waals surface area contributed by atoms with Crippen LogP contribution < -0.4 is 10.1 Å². The van der Waals surface area contributed by atoms with Crippen LogP contribution in [0, 0.1) is 5.92 Å². The third kappa shape index (κ3) is 4.12. The van der Waals surface area contributed by atoms with Gasteiger partial charge in [-0.15, -0.1) is 0 Å². The van der Waals surface area contributed by atoms with Gasteiger partial charge in [-0.05, 0) is 44.7 Å². The molecular weight excluding hydrogens is 238 g/mol. The lowest BCUT2D eigenvalue weighted by atomic mass is 10.1. The molecule has 1 amide bonds. The first-order chi connectivity index (χ1) is 9.20. The molecule has 1 fully saturated rings. The summed E-state index contributed by atoms with van der Waals surface area (Å²) in [5.74, 6) is 1.45. The van der Waals surface area contributed by atoms with Crippen molar-refractivity contribution in [2.75, 3.05) is 6.61 Å². The van der Waals surface area contributed by atoms with Crippen molar-refractivity contribution in [1.82, 2.24) is 5.32 Å². The van der Waals surface area contributed by atoms with Gasteiger partial charge in [-0.25, -0.2) is 0 Å². The number of carbonyl (C=O) groups excluding carboxylic acids is 1. The van der Waals surface area contributed by atoms with Gasteiger partial charge >= 0.3 is 0 Å². The van der Waals surface area contributed by atoms with Crippen LogP contribution in [0.3, 0.4) is 0 Å². The number of amides is 1. The van der Waals surface area contributed by atoms with Gasteiger partial charge in [-0.1, -0.05) is 18.2 Å². The van der Waals surface area contributed by atoms with Crippen LogP contribution in [-0.2, 0) is 4.79 Å². The van der Waals surface area contributed by atoms with Gasteiger partial charge < -0.3 is 10.1 Å². The summed E-state index contributed by atoms with van der Waals surface area (Å²) < 4.78 is 5.52. The molecule has 3 nitrogen and oxygen atoms in total. The SMILES string of the molecule is CCOc1ccccc1C=CC(=O)NC(C)C1CC1. The molecule has 0 bridgehead atoms. The predicted octanol–water partition coefficient (Wildman–Crippen LogP) is 3.01. The third-order valence-electron chi connectivity index (χ3n) is 3.33. The highest BCUT2D eigenvalue weighted by Crippen LogP contribution is 2.32. The van der Waals surface area contributed by atoms with Gasteiger partial charge in [-0.2, -0.15) is 0 Å². The standard InChI is InChI=1S/C16H21NO2/c1-3-19-15-7-5-4-6-14(15)10-11-16(18)17-12(2)13-8-9-13/h4-7,10-13H,3,8-9H2,1-2H3,(H,17,18). The van der Waals surface area contributed by atoms with E-state index in [0.717, 1.165) is 11.3 Å². The van der Waals surface area contributed by atoms with Crippen LogP contribution in [0.4, 0.5) is 0 Å². The average Bonchev–Trinajstić information content (AvgIpc) is 3.22.